The molecular formula is C16H21N3O2. The van der Waals surface area contributed by atoms with Gasteiger partial charge in [-0.05, 0) is 43.5 Å². The van der Waals surface area contributed by atoms with Crippen LogP contribution < -0.4 is 10.6 Å². The Morgan fingerprint density at radius 2 is 2.24 bits per heavy atom. The molecule has 0 saturated heterocycles. The molecule has 0 radical (unpaired) electrons. The van der Waals surface area contributed by atoms with Crippen LogP contribution >= 0.6 is 0 Å². The zero-order chi connectivity index (χ0) is 14.8. The fourth-order valence-electron chi connectivity index (χ4n) is 2.19. The van der Waals surface area contributed by atoms with E-state index in [-0.39, 0.29) is 11.8 Å². The lowest BCUT2D eigenvalue weighted by Gasteiger charge is -2.05. The Morgan fingerprint density at radius 1 is 1.43 bits per heavy atom. The van der Waals surface area contributed by atoms with Gasteiger partial charge in [0.2, 0.25) is 5.91 Å². The molecule has 5 nitrogen and oxygen atoms in total. The Morgan fingerprint density at radius 3 is 2.95 bits per heavy atom. The van der Waals surface area contributed by atoms with Crippen molar-refractivity contribution in [2.45, 2.75) is 32.6 Å². The predicted molar refractivity (Wildman–Crippen MR) is 82.3 cm³/mol. The zero-order valence-corrected chi connectivity index (χ0v) is 12.5. The SMILES string of the molecule is CC(C)c1nc2cc(NC(=O)CNCC3CC3)ccc2o1. The Balaban J connectivity index is 1.61. The average molecular weight is 287 g/mol. The number of anilines is 1. The van der Waals surface area contributed by atoms with E-state index in [4.69, 9.17) is 4.42 Å². The largest absolute Gasteiger partial charge is 0.440 e. The zero-order valence-electron chi connectivity index (χ0n) is 12.5. The fraction of sp³-hybridized carbons (Fsp3) is 0.500. The third-order valence-electron chi connectivity index (χ3n) is 3.60. The number of carbonyl (C=O) groups excluding carboxylic acids is 1. The first-order valence-electron chi connectivity index (χ1n) is 7.53. The number of fused-ring (bicyclic) bond motifs is 1. The molecule has 1 saturated carbocycles. The van der Waals surface area contributed by atoms with E-state index in [9.17, 15) is 4.79 Å². The van der Waals surface area contributed by atoms with E-state index in [1.54, 1.807) is 0 Å². The third kappa shape index (κ3) is 3.61. The van der Waals surface area contributed by atoms with Gasteiger partial charge in [-0.3, -0.25) is 4.79 Å². The van der Waals surface area contributed by atoms with E-state index >= 15 is 0 Å². The smallest absolute Gasteiger partial charge is 0.238 e. The van der Waals surface area contributed by atoms with Crippen LogP contribution in [0, 0.1) is 5.92 Å². The molecule has 3 rings (SSSR count). The summed E-state index contributed by atoms with van der Waals surface area (Å²) in [5, 5.41) is 6.06. The summed E-state index contributed by atoms with van der Waals surface area (Å²) < 4.78 is 5.65. The van der Waals surface area contributed by atoms with Crippen LogP contribution in [0.3, 0.4) is 0 Å². The van der Waals surface area contributed by atoms with Crippen molar-refractivity contribution in [2.24, 2.45) is 5.92 Å². The number of hydrogen-bond acceptors (Lipinski definition) is 4. The number of carbonyl (C=O) groups is 1. The lowest BCUT2D eigenvalue weighted by molar-refractivity contribution is -0.115. The molecule has 1 aromatic heterocycles. The summed E-state index contributed by atoms with van der Waals surface area (Å²) in [7, 11) is 0. The molecule has 2 aromatic rings. The van der Waals surface area contributed by atoms with Crippen LogP contribution in [0.5, 0.6) is 0 Å². The molecule has 1 amide bonds. The molecule has 0 unspecified atom stereocenters. The first-order valence-corrected chi connectivity index (χ1v) is 7.53. The van der Waals surface area contributed by atoms with Gasteiger partial charge in [0.15, 0.2) is 11.5 Å². The second-order valence-electron chi connectivity index (χ2n) is 6.01. The standard InChI is InChI=1S/C16H21N3O2/c1-10(2)16-19-13-7-12(5-6-14(13)21-16)18-15(20)9-17-8-11-3-4-11/h5-7,10-11,17H,3-4,8-9H2,1-2H3,(H,18,20). The summed E-state index contributed by atoms with van der Waals surface area (Å²) in [5.74, 6) is 1.72. The lowest BCUT2D eigenvalue weighted by Crippen LogP contribution is -2.29. The number of aromatic nitrogens is 1. The number of benzene rings is 1. The van der Waals surface area contributed by atoms with Crippen molar-refractivity contribution in [3.05, 3.63) is 24.1 Å². The highest BCUT2D eigenvalue weighted by atomic mass is 16.3. The first-order chi connectivity index (χ1) is 10.1. The van der Waals surface area contributed by atoms with Crippen LogP contribution in [0.4, 0.5) is 5.69 Å². The molecule has 0 bridgehead atoms. The van der Waals surface area contributed by atoms with Crippen LogP contribution in [0.1, 0.15) is 38.5 Å². The second kappa shape index (κ2) is 5.85. The van der Waals surface area contributed by atoms with Gasteiger partial charge in [0.25, 0.3) is 0 Å². The van der Waals surface area contributed by atoms with E-state index in [0.717, 1.165) is 35.1 Å². The summed E-state index contributed by atoms with van der Waals surface area (Å²) >= 11 is 0. The van der Waals surface area contributed by atoms with Crippen LogP contribution in [-0.4, -0.2) is 24.0 Å². The van der Waals surface area contributed by atoms with Crippen LogP contribution in [-0.2, 0) is 4.79 Å². The molecule has 1 aliphatic carbocycles. The highest BCUT2D eigenvalue weighted by Gasteiger charge is 2.20. The van der Waals surface area contributed by atoms with Gasteiger partial charge in [0.1, 0.15) is 5.52 Å². The minimum atomic E-state index is -0.0254. The Kier molecular flexibility index (Phi) is 3.92. The average Bonchev–Trinajstić information content (AvgIpc) is 3.15. The molecule has 1 aromatic carbocycles. The molecule has 2 N–H and O–H groups in total. The molecule has 1 heterocycles. The quantitative estimate of drug-likeness (QED) is 0.857. The molecule has 1 aliphatic rings. The number of oxazole rings is 1. The van der Waals surface area contributed by atoms with Gasteiger partial charge < -0.3 is 15.1 Å². The monoisotopic (exact) mass is 287 g/mol. The van der Waals surface area contributed by atoms with Gasteiger partial charge in [-0.1, -0.05) is 13.8 Å². The van der Waals surface area contributed by atoms with Gasteiger partial charge in [-0.25, -0.2) is 4.98 Å². The highest BCUT2D eigenvalue weighted by Crippen LogP contribution is 2.27. The summed E-state index contributed by atoms with van der Waals surface area (Å²) in [6.45, 7) is 5.37. The Bertz CT molecular complexity index is 644. The maximum atomic E-state index is 11.8. The van der Waals surface area contributed by atoms with E-state index in [2.05, 4.69) is 15.6 Å². The van der Waals surface area contributed by atoms with Crippen molar-refractivity contribution in [3.8, 4) is 0 Å². The maximum absolute atomic E-state index is 11.8. The summed E-state index contributed by atoms with van der Waals surface area (Å²) in [6.07, 6.45) is 2.57. The van der Waals surface area contributed by atoms with Gasteiger partial charge in [0, 0.05) is 11.6 Å². The van der Waals surface area contributed by atoms with Crippen molar-refractivity contribution in [1.82, 2.24) is 10.3 Å². The Labute approximate surface area is 124 Å². The van der Waals surface area contributed by atoms with E-state index in [1.165, 1.54) is 12.8 Å². The van der Waals surface area contributed by atoms with Crippen molar-refractivity contribution < 1.29 is 9.21 Å². The molecular weight excluding hydrogens is 266 g/mol. The van der Waals surface area contributed by atoms with Gasteiger partial charge in [0.05, 0.1) is 6.54 Å². The normalized spacial score (nSPS) is 14.8. The fourth-order valence-corrected chi connectivity index (χ4v) is 2.19. The molecule has 5 heteroatoms. The minimum absolute atomic E-state index is 0.0254. The number of rotatable bonds is 6. The van der Waals surface area contributed by atoms with E-state index < -0.39 is 0 Å². The highest BCUT2D eigenvalue weighted by molar-refractivity contribution is 5.94. The number of hydrogen-bond donors (Lipinski definition) is 2. The van der Waals surface area contributed by atoms with Crippen LogP contribution in [0.15, 0.2) is 22.6 Å². The summed E-state index contributed by atoms with van der Waals surface area (Å²) in [4.78, 5) is 16.3. The number of nitrogens with zero attached hydrogens (tertiary/aromatic N) is 1. The minimum Gasteiger partial charge on any atom is -0.440 e. The lowest BCUT2D eigenvalue weighted by atomic mass is 10.2. The summed E-state index contributed by atoms with van der Waals surface area (Å²) in [6, 6.07) is 5.54. The molecule has 1 fully saturated rings. The number of nitrogens with one attached hydrogen (secondary N) is 2. The van der Waals surface area contributed by atoms with Crippen molar-refractivity contribution in [1.29, 1.82) is 0 Å². The van der Waals surface area contributed by atoms with E-state index in [1.807, 2.05) is 32.0 Å². The maximum Gasteiger partial charge on any atom is 0.238 e. The predicted octanol–water partition coefficient (Wildman–Crippen LogP) is 2.89. The molecule has 112 valence electrons. The number of amides is 1. The first kappa shape index (κ1) is 14.1. The van der Waals surface area contributed by atoms with Crippen molar-refractivity contribution >= 4 is 22.7 Å². The molecule has 0 spiro atoms. The molecule has 0 atom stereocenters. The Hall–Kier alpha value is -1.88. The van der Waals surface area contributed by atoms with Crippen molar-refractivity contribution in [2.75, 3.05) is 18.4 Å². The molecule has 0 aliphatic heterocycles. The van der Waals surface area contributed by atoms with Gasteiger partial charge in [-0.15, -0.1) is 0 Å². The van der Waals surface area contributed by atoms with Gasteiger partial charge in [-0.2, -0.15) is 0 Å². The second-order valence-corrected chi connectivity index (χ2v) is 6.01. The summed E-state index contributed by atoms with van der Waals surface area (Å²) in [5.41, 5.74) is 2.29. The van der Waals surface area contributed by atoms with Crippen LogP contribution in [0.2, 0.25) is 0 Å². The van der Waals surface area contributed by atoms with Crippen LogP contribution in [0.25, 0.3) is 11.1 Å². The van der Waals surface area contributed by atoms with Crippen molar-refractivity contribution in [3.63, 3.8) is 0 Å². The molecule has 21 heavy (non-hydrogen) atoms. The third-order valence-corrected chi connectivity index (χ3v) is 3.60. The van der Waals surface area contributed by atoms with E-state index in [0.29, 0.717) is 6.54 Å². The topological polar surface area (TPSA) is 67.2 Å². The van der Waals surface area contributed by atoms with Gasteiger partial charge >= 0.3 is 0 Å².